The maximum atomic E-state index is 11.8. The van der Waals surface area contributed by atoms with Crippen LogP contribution in [-0.2, 0) is 13.2 Å². The van der Waals surface area contributed by atoms with Crippen molar-refractivity contribution in [3.05, 3.63) is 99.0 Å². The highest BCUT2D eigenvalue weighted by atomic mass is 79.9. The fourth-order valence-electron chi connectivity index (χ4n) is 5.40. The molecular weight excluding hydrogens is 674 g/mol. The van der Waals surface area contributed by atoms with Crippen LogP contribution in [0.15, 0.2) is 81.9 Å². The smallest absolute Gasteiger partial charge is 0.153 e. The number of carbonyl (C=O) groups is 1. The molecule has 0 saturated carbocycles. The van der Waals surface area contributed by atoms with Crippen LogP contribution in [0.4, 0.5) is 0 Å². The van der Waals surface area contributed by atoms with E-state index in [9.17, 15) is 9.90 Å². The molecule has 238 valence electrons. The third-order valence-electron chi connectivity index (χ3n) is 7.96. The van der Waals surface area contributed by atoms with Crippen molar-refractivity contribution < 1.29 is 28.7 Å². The van der Waals surface area contributed by atoms with Gasteiger partial charge in [-0.1, -0.05) is 48.0 Å². The van der Waals surface area contributed by atoms with Crippen molar-refractivity contribution in [2.75, 3.05) is 26.2 Å². The van der Waals surface area contributed by atoms with Crippen molar-refractivity contribution in [2.24, 2.45) is 0 Å². The van der Waals surface area contributed by atoms with Gasteiger partial charge in [0.1, 0.15) is 41.5 Å². The Balaban J connectivity index is 1.09. The maximum absolute atomic E-state index is 11.8. The minimum absolute atomic E-state index is 0.155. The number of aliphatic hydroxyl groups is 1. The first-order valence-corrected chi connectivity index (χ1v) is 16.3. The summed E-state index contributed by atoms with van der Waals surface area (Å²) in [6, 6.07) is 22.7. The van der Waals surface area contributed by atoms with Gasteiger partial charge in [-0.15, -0.1) is 0 Å². The number of halogens is 2. The molecule has 5 aromatic rings. The summed E-state index contributed by atoms with van der Waals surface area (Å²) in [5.41, 5.74) is 5.37. The minimum Gasteiger partial charge on any atom is -0.494 e. The molecule has 11 heteroatoms. The lowest BCUT2D eigenvalue weighted by Crippen LogP contribution is -2.36. The summed E-state index contributed by atoms with van der Waals surface area (Å²) < 4.78 is 23.9. The van der Waals surface area contributed by atoms with E-state index < -0.39 is 0 Å². The van der Waals surface area contributed by atoms with Crippen molar-refractivity contribution in [1.29, 1.82) is 0 Å². The highest BCUT2D eigenvalue weighted by Crippen LogP contribution is 2.36. The van der Waals surface area contributed by atoms with E-state index in [4.69, 9.17) is 30.4 Å². The Kier molecular flexibility index (Phi) is 10.5. The molecule has 1 fully saturated rings. The molecule has 1 aromatic heterocycles. The van der Waals surface area contributed by atoms with Gasteiger partial charge in [0.15, 0.2) is 6.29 Å². The number of benzene rings is 4. The predicted octanol–water partition coefficient (Wildman–Crippen LogP) is 7.50. The number of aliphatic hydroxyl groups excluding tert-OH is 1. The largest absolute Gasteiger partial charge is 0.494 e. The summed E-state index contributed by atoms with van der Waals surface area (Å²) in [4.78, 5) is 14.2. The number of aromatic nitrogens is 2. The molecule has 0 radical (unpaired) electrons. The number of hydrogen-bond donors (Lipinski definition) is 1. The second-order valence-corrected chi connectivity index (χ2v) is 12.4. The van der Waals surface area contributed by atoms with E-state index in [2.05, 4.69) is 31.1 Å². The molecule has 46 heavy (non-hydrogen) atoms. The lowest BCUT2D eigenvalue weighted by molar-refractivity contribution is 0.0800. The number of fused-ring (bicyclic) bond motifs is 1. The third kappa shape index (κ3) is 7.87. The van der Waals surface area contributed by atoms with Crippen LogP contribution < -0.4 is 14.2 Å². The summed E-state index contributed by atoms with van der Waals surface area (Å²) in [6.45, 7) is 3.90. The van der Waals surface area contributed by atoms with E-state index in [-0.39, 0.29) is 19.3 Å². The summed E-state index contributed by atoms with van der Waals surface area (Å²) in [5.74, 6) is 1.56. The van der Waals surface area contributed by atoms with Crippen LogP contribution >= 0.6 is 27.5 Å². The molecule has 4 aromatic carbocycles. The van der Waals surface area contributed by atoms with Crippen LogP contribution in [0.2, 0.25) is 5.02 Å². The average molecular weight is 707 g/mol. The Hall–Kier alpha value is -3.96. The first-order valence-electron chi connectivity index (χ1n) is 15.1. The zero-order valence-electron chi connectivity index (χ0n) is 25.0. The lowest BCUT2D eigenvalue weighted by Gasteiger charge is -2.29. The van der Waals surface area contributed by atoms with Crippen LogP contribution in [0.25, 0.3) is 22.2 Å². The van der Waals surface area contributed by atoms with Gasteiger partial charge < -0.3 is 24.2 Å². The number of carbonyl (C=O) groups excluding carboxylic acids is 1. The van der Waals surface area contributed by atoms with E-state index in [0.29, 0.717) is 46.0 Å². The van der Waals surface area contributed by atoms with E-state index >= 15 is 0 Å². The molecule has 1 N–H and O–H groups in total. The minimum atomic E-state index is -0.155. The Morgan fingerprint density at radius 2 is 1.74 bits per heavy atom. The number of rotatable bonds is 13. The number of piperidine rings is 1. The molecule has 1 aliphatic rings. The fourth-order valence-corrected chi connectivity index (χ4v) is 6.24. The Morgan fingerprint density at radius 1 is 0.935 bits per heavy atom. The third-order valence-corrected chi connectivity index (χ3v) is 9.19. The van der Waals surface area contributed by atoms with Gasteiger partial charge in [0, 0.05) is 35.7 Å². The van der Waals surface area contributed by atoms with Crippen LogP contribution in [0.5, 0.6) is 17.2 Å². The van der Waals surface area contributed by atoms with Gasteiger partial charge in [0.2, 0.25) is 0 Å². The maximum Gasteiger partial charge on any atom is 0.153 e. The summed E-state index contributed by atoms with van der Waals surface area (Å²) in [6.07, 6.45) is 3.17. The first kappa shape index (κ1) is 32.0. The van der Waals surface area contributed by atoms with Crippen molar-refractivity contribution in [3.8, 4) is 28.4 Å². The standard InChI is InChI=1S/C35H33BrClN3O6/c36-35-25(5-2-7-29(35)24-4-1-6-28(17-24)43-15-3-12-40-13-10-27(42)11-14-40)22-45-34-19-33(26(20-41)18-30(34)37)44-21-23-8-9-31-32(16-23)39-46-38-31/h1-2,4-9,16-20,27,42H,3,10-15,21-22H2. The van der Waals surface area contributed by atoms with Crippen molar-refractivity contribution in [3.63, 3.8) is 0 Å². The van der Waals surface area contributed by atoms with Crippen molar-refractivity contribution >= 4 is 44.9 Å². The van der Waals surface area contributed by atoms with Gasteiger partial charge in [-0.3, -0.25) is 4.79 Å². The van der Waals surface area contributed by atoms with E-state index in [0.717, 1.165) is 71.4 Å². The molecule has 1 aliphatic heterocycles. The van der Waals surface area contributed by atoms with E-state index in [1.165, 1.54) is 6.07 Å². The molecule has 0 aliphatic carbocycles. The fraction of sp³-hybridized carbons (Fsp3) is 0.286. The Labute approximate surface area is 280 Å². The molecule has 9 nitrogen and oxygen atoms in total. The molecular formula is C35H33BrClN3O6. The average Bonchev–Trinajstić information content (AvgIpc) is 3.55. The summed E-state index contributed by atoms with van der Waals surface area (Å²) in [7, 11) is 0. The second-order valence-electron chi connectivity index (χ2n) is 11.2. The van der Waals surface area contributed by atoms with Crippen LogP contribution in [0.3, 0.4) is 0 Å². The number of ether oxygens (including phenoxy) is 3. The normalized spacial score (nSPS) is 14.0. The Morgan fingerprint density at radius 3 is 2.59 bits per heavy atom. The Bertz CT molecular complexity index is 1810. The SMILES string of the molecule is O=Cc1cc(Cl)c(OCc2cccc(-c3cccc(OCCCN4CCC(O)CC4)c3)c2Br)cc1OCc1ccc2nonc2c1. The molecule has 6 rings (SSSR count). The van der Waals surface area contributed by atoms with Gasteiger partial charge >= 0.3 is 0 Å². The van der Waals surface area contributed by atoms with E-state index in [1.54, 1.807) is 12.1 Å². The molecule has 0 spiro atoms. The molecule has 0 unspecified atom stereocenters. The monoisotopic (exact) mass is 705 g/mol. The van der Waals surface area contributed by atoms with Gasteiger partial charge in [-0.2, -0.15) is 0 Å². The number of likely N-dealkylation sites (tertiary alicyclic amines) is 1. The van der Waals surface area contributed by atoms with E-state index in [1.807, 2.05) is 54.6 Å². The van der Waals surface area contributed by atoms with Gasteiger partial charge in [0.25, 0.3) is 0 Å². The molecule has 0 amide bonds. The van der Waals surface area contributed by atoms with Crippen LogP contribution in [0, 0.1) is 0 Å². The molecule has 0 atom stereocenters. The molecule has 2 heterocycles. The first-order chi connectivity index (χ1) is 22.5. The summed E-state index contributed by atoms with van der Waals surface area (Å²) in [5, 5.41) is 17.7. The number of nitrogens with zero attached hydrogens (tertiary/aromatic N) is 3. The number of hydrogen-bond acceptors (Lipinski definition) is 9. The van der Waals surface area contributed by atoms with Crippen molar-refractivity contribution in [2.45, 2.75) is 38.6 Å². The topological polar surface area (TPSA) is 107 Å². The quantitative estimate of drug-likeness (QED) is 0.0984. The molecule has 1 saturated heterocycles. The lowest BCUT2D eigenvalue weighted by atomic mass is 10.0. The predicted molar refractivity (Wildman–Crippen MR) is 179 cm³/mol. The van der Waals surface area contributed by atoms with Crippen LogP contribution in [-0.4, -0.2) is 59.0 Å². The molecule has 0 bridgehead atoms. The zero-order valence-corrected chi connectivity index (χ0v) is 27.4. The van der Waals surface area contributed by atoms with Crippen molar-refractivity contribution in [1.82, 2.24) is 15.2 Å². The van der Waals surface area contributed by atoms with Gasteiger partial charge in [-0.25, -0.2) is 4.63 Å². The zero-order chi connectivity index (χ0) is 31.9. The van der Waals surface area contributed by atoms with Gasteiger partial charge in [0.05, 0.1) is 23.3 Å². The second kappa shape index (κ2) is 15.1. The highest BCUT2D eigenvalue weighted by molar-refractivity contribution is 9.10. The van der Waals surface area contributed by atoms with Crippen LogP contribution in [0.1, 0.15) is 40.7 Å². The number of aldehydes is 1. The highest BCUT2D eigenvalue weighted by Gasteiger charge is 2.17. The summed E-state index contributed by atoms with van der Waals surface area (Å²) >= 11 is 10.3. The van der Waals surface area contributed by atoms with Gasteiger partial charge in [-0.05, 0) is 92.5 Å².